The van der Waals surface area contributed by atoms with Crippen LogP contribution in [0.5, 0.6) is 0 Å². The highest BCUT2D eigenvalue weighted by molar-refractivity contribution is 6.13. The van der Waals surface area contributed by atoms with Crippen molar-refractivity contribution in [3.05, 3.63) is 194 Å². The number of rotatable bonds is 6. The van der Waals surface area contributed by atoms with Crippen molar-refractivity contribution in [3.63, 3.8) is 0 Å². The maximum Gasteiger partial charge on any atom is 0.160 e. The van der Waals surface area contributed by atoms with Crippen LogP contribution in [0.4, 0.5) is 0 Å². The third-order valence-corrected chi connectivity index (χ3v) is 11.5. The third-order valence-electron chi connectivity index (χ3n) is 11.5. The molecule has 0 bridgehead atoms. The first-order valence-corrected chi connectivity index (χ1v) is 19.7. The fourth-order valence-corrected chi connectivity index (χ4v) is 8.61. The predicted octanol–water partition coefficient (Wildman–Crippen LogP) is 13.8. The first-order chi connectivity index (χ1) is 28.2. The lowest BCUT2D eigenvalue weighted by atomic mass is 10.0. The van der Waals surface area contributed by atoms with E-state index >= 15 is 0 Å². The predicted molar refractivity (Wildman–Crippen MR) is 238 cm³/mol. The van der Waals surface area contributed by atoms with Gasteiger partial charge in [0.1, 0.15) is 0 Å². The minimum atomic E-state index is 0.564. The molecular formula is C53H38N4. The molecule has 7 aromatic carbocycles. The minimum Gasteiger partial charge on any atom is -0.310 e. The van der Waals surface area contributed by atoms with E-state index in [0.29, 0.717) is 11.7 Å². The van der Waals surface area contributed by atoms with E-state index < -0.39 is 0 Å². The van der Waals surface area contributed by atoms with E-state index in [0.717, 1.165) is 45.7 Å². The SMILES string of the molecule is CC1C=CC(n2c3ccccc3c3cc(-c4ccc5c6ccccc6n(-c6cccc(-c7cc(-c8ccccc8)nc(-c8ccccc8)n7)c6)c5c4)ccc32)=CC1. The zero-order chi connectivity index (χ0) is 37.9. The van der Waals surface area contributed by atoms with E-state index in [-0.39, 0.29) is 0 Å². The number of hydrogen-bond acceptors (Lipinski definition) is 2. The summed E-state index contributed by atoms with van der Waals surface area (Å²) in [7, 11) is 0. The van der Waals surface area contributed by atoms with Crippen LogP contribution in [0.2, 0.25) is 0 Å². The zero-order valence-corrected chi connectivity index (χ0v) is 31.5. The van der Waals surface area contributed by atoms with Crippen LogP contribution in [0.25, 0.3) is 100 Å². The first kappa shape index (κ1) is 33.1. The topological polar surface area (TPSA) is 35.6 Å². The second-order valence-corrected chi connectivity index (χ2v) is 15.1. The summed E-state index contributed by atoms with van der Waals surface area (Å²) in [5.41, 5.74) is 14.4. The Kier molecular flexibility index (Phi) is 7.82. The highest BCUT2D eigenvalue weighted by Crippen LogP contribution is 2.39. The summed E-state index contributed by atoms with van der Waals surface area (Å²) >= 11 is 0. The molecule has 0 fully saturated rings. The maximum absolute atomic E-state index is 5.15. The summed E-state index contributed by atoms with van der Waals surface area (Å²) in [5, 5.41) is 4.98. The molecule has 4 heteroatoms. The van der Waals surface area contributed by atoms with Crippen LogP contribution in [-0.4, -0.2) is 19.1 Å². The van der Waals surface area contributed by atoms with Gasteiger partial charge in [0.05, 0.1) is 33.5 Å². The molecule has 0 N–H and O–H groups in total. The van der Waals surface area contributed by atoms with Crippen molar-refractivity contribution < 1.29 is 0 Å². The van der Waals surface area contributed by atoms with Crippen molar-refractivity contribution in [2.45, 2.75) is 13.3 Å². The van der Waals surface area contributed by atoms with Gasteiger partial charge in [0, 0.05) is 49.6 Å². The lowest BCUT2D eigenvalue weighted by Crippen LogP contribution is -2.00. The van der Waals surface area contributed by atoms with Gasteiger partial charge in [0.15, 0.2) is 5.82 Å². The van der Waals surface area contributed by atoms with Crippen molar-refractivity contribution in [3.8, 4) is 50.7 Å². The van der Waals surface area contributed by atoms with E-state index in [4.69, 9.17) is 9.97 Å². The van der Waals surface area contributed by atoms with Crippen molar-refractivity contribution in [2.75, 3.05) is 0 Å². The largest absolute Gasteiger partial charge is 0.310 e. The van der Waals surface area contributed by atoms with Crippen LogP contribution in [0, 0.1) is 5.92 Å². The Bertz CT molecular complexity index is 3160. The highest BCUT2D eigenvalue weighted by atomic mass is 15.0. The standard InChI is InChI=1S/C53H38N4/c1-35-23-27-41(28-24-35)56-50-22-11-9-20-44(50)46-32-38(26-30-51(46)56)39-25-29-45-43-19-8-10-21-49(43)57(52(45)33-39)42-18-12-17-40(31-42)48-34-47(36-13-4-2-5-14-36)54-53(55-48)37-15-6-3-7-16-37/h2-23,25-35H,24H2,1H3. The van der Waals surface area contributed by atoms with Crippen LogP contribution in [-0.2, 0) is 0 Å². The van der Waals surface area contributed by atoms with Crippen LogP contribution in [0.1, 0.15) is 13.3 Å². The molecule has 0 saturated heterocycles. The fourth-order valence-electron chi connectivity index (χ4n) is 8.61. The van der Waals surface area contributed by atoms with Gasteiger partial charge in [-0.3, -0.25) is 0 Å². The molecule has 10 aromatic rings. The molecule has 11 rings (SSSR count). The molecule has 0 aliphatic heterocycles. The summed E-state index contributed by atoms with van der Waals surface area (Å²) in [6.45, 7) is 2.27. The van der Waals surface area contributed by atoms with Gasteiger partial charge in [0.25, 0.3) is 0 Å². The van der Waals surface area contributed by atoms with Crippen molar-refractivity contribution in [1.82, 2.24) is 19.1 Å². The molecule has 57 heavy (non-hydrogen) atoms. The van der Waals surface area contributed by atoms with E-state index in [9.17, 15) is 0 Å². The number of allylic oxidation sites excluding steroid dienone is 4. The number of fused-ring (bicyclic) bond motifs is 6. The molecule has 0 saturated carbocycles. The smallest absolute Gasteiger partial charge is 0.160 e. The first-order valence-electron chi connectivity index (χ1n) is 19.7. The summed E-state index contributed by atoms with van der Waals surface area (Å²) in [4.78, 5) is 10.2. The van der Waals surface area contributed by atoms with Gasteiger partial charge in [-0.2, -0.15) is 0 Å². The Morgan fingerprint density at radius 3 is 1.79 bits per heavy atom. The Balaban J connectivity index is 1.06. The Morgan fingerprint density at radius 2 is 1.04 bits per heavy atom. The minimum absolute atomic E-state index is 0.564. The van der Waals surface area contributed by atoms with Gasteiger partial charge in [-0.05, 0) is 78.1 Å². The van der Waals surface area contributed by atoms with E-state index in [2.05, 4.69) is 186 Å². The summed E-state index contributed by atoms with van der Waals surface area (Å²) in [6.07, 6.45) is 8.04. The summed E-state index contributed by atoms with van der Waals surface area (Å²) < 4.78 is 4.83. The number of para-hydroxylation sites is 2. The number of benzene rings is 7. The lowest BCUT2D eigenvalue weighted by molar-refractivity contribution is 0.735. The van der Waals surface area contributed by atoms with Crippen LogP contribution in [0.15, 0.2) is 194 Å². The van der Waals surface area contributed by atoms with Gasteiger partial charge >= 0.3 is 0 Å². The summed E-state index contributed by atoms with van der Waals surface area (Å²) in [5.74, 6) is 1.27. The monoisotopic (exact) mass is 730 g/mol. The molecule has 3 aromatic heterocycles. The Labute approximate surface area is 331 Å². The molecule has 1 atom stereocenters. The van der Waals surface area contributed by atoms with Crippen molar-refractivity contribution in [2.24, 2.45) is 5.92 Å². The number of aromatic nitrogens is 4. The molecule has 1 aliphatic rings. The van der Waals surface area contributed by atoms with Crippen LogP contribution < -0.4 is 0 Å². The molecule has 270 valence electrons. The molecule has 0 amide bonds. The van der Waals surface area contributed by atoms with E-state index in [1.807, 2.05) is 24.3 Å². The second-order valence-electron chi connectivity index (χ2n) is 15.1. The molecule has 3 heterocycles. The van der Waals surface area contributed by atoms with Gasteiger partial charge in [-0.1, -0.05) is 146 Å². The molecule has 4 nitrogen and oxygen atoms in total. The van der Waals surface area contributed by atoms with E-state index in [1.165, 1.54) is 54.9 Å². The molecule has 0 radical (unpaired) electrons. The Morgan fingerprint density at radius 1 is 0.439 bits per heavy atom. The molecule has 0 spiro atoms. The van der Waals surface area contributed by atoms with Gasteiger partial charge in [-0.25, -0.2) is 9.97 Å². The lowest BCUT2D eigenvalue weighted by Gasteiger charge is -2.15. The van der Waals surface area contributed by atoms with E-state index in [1.54, 1.807) is 0 Å². The number of hydrogen-bond donors (Lipinski definition) is 0. The van der Waals surface area contributed by atoms with Gasteiger partial charge in [-0.15, -0.1) is 0 Å². The van der Waals surface area contributed by atoms with Crippen LogP contribution in [0.3, 0.4) is 0 Å². The third kappa shape index (κ3) is 5.68. The van der Waals surface area contributed by atoms with Crippen molar-refractivity contribution >= 4 is 49.3 Å². The average Bonchev–Trinajstić information content (AvgIpc) is 3.79. The van der Waals surface area contributed by atoms with Crippen molar-refractivity contribution in [1.29, 1.82) is 0 Å². The van der Waals surface area contributed by atoms with Gasteiger partial charge in [0.2, 0.25) is 0 Å². The fraction of sp³-hybridized carbons (Fsp3) is 0.0566. The summed E-state index contributed by atoms with van der Waals surface area (Å²) in [6, 6.07) is 62.9. The quantitative estimate of drug-likeness (QED) is 0.171. The average molecular weight is 731 g/mol. The van der Waals surface area contributed by atoms with Gasteiger partial charge < -0.3 is 9.13 Å². The molecule has 1 unspecified atom stereocenters. The molecule has 1 aliphatic carbocycles. The number of nitrogens with zero attached hydrogens (tertiary/aromatic N) is 4. The maximum atomic E-state index is 5.15. The Hall–Kier alpha value is -7.30. The second kappa shape index (κ2) is 13.5. The zero-order valence-electron chi connectivity index (χ0n) is 31.5. The highest BCUT2D eigenvalue weighted by Gasteiger charge is 2.18. The molecular weight excluding hydrogens is 693 g/mol. The normalized spacial score (nSPS) is 14.2. The van der Waals surface area contributed by atoms with Crippen LogP contribution >= 0.6 is 0 Å².